The molecule has 2 atom stereocenters. The van der Waals surface area contributed by atoms with Gasteiger partial charge in [-0.05, 0) is 51.6 Å². The van der Waals surface area contributed by atoms with E-state index in [4.69, 9.17) is 4.74 Å². The van der Waals surface area contributed by atoms with Crippen molar-refractivity contribution in [1.29, 1.82) is 0 Å². The van der Waals surface area contributed by atoms with Gasteiger partial charge >= 0.3 is 0 Å². The summed E-state index contributed by atoms with van der Waals surface area (Å²) in [7, 11) is 5.72. The van der Waals surface area contributed by atoms with Gasteiger partial charge < -0.3 is 20.3 Å². The lowest BCUT2D eigenvalue weighted by Crippen LogP contribution is -2.47. The third-order valence-corrected chi connectivity index (χ3v) is 4.47. The molecule has 0 aliphatic carbocycles. The molecule has 1 fully saturated rings. The zero-order chi connectivity index (χ0) is 17.6. The van der Waals surface area contributed by atoms with Gasteiger partial charge in [0.05, 0.1) is 11.6 Å². The number of benzene rings is 1. The number of likely N-dealkylation sites (N-methyl/N-ethyl adjacent to an activating group) is 1. The van der Waals surface area contributed by atoms with Crippen molar-refractivity contribution >= 4 is 29.9 Å². The number of ether oxygens (including phenoxy) is 1. The summed E-state index contributed by atoms with van der Waals surface area (Å²) in [6.45, 7) is 4.30. The van der Waals surface area contributed by atoms with Crippen molar-refractivity contribution in [3.05, 3.63) is 35.6 Å². The summed E-state index contributed by atoms with van der Waals surface area (Å²) in [5.41, 5.74) is 0.815. The predicted octanol–water partition coefficient (Wildman–Crippen LogP) is 2.78. The SMILES string of the molecule is CN=C(NCC(c1cccc(F)c1)N(C)C)NCC1(C)CCCO1.I. The second kappa shape index (κ2) is 10.3. The summed E-state index contributed by atoms with van der Waals surface area (Å²) in [5.74, 6) is 0.517. The lowest BCUT2D eigenvalue weighted by Gasteiger charge is -2.28. The Morgan fingerprint density at radius 1 is 1.40 bits per heavy atom. The smallest absolute Gasteiger partial charge is 0.191 e. The summed E-state index contributed by atoms with van der Waals surface area (Å²) in [6, 6.07) is 6.78. The minimum absolute atomic E-state index is 0. The van der Waals surface area contributed by atoms with Gasteiger partial charge in [0.2, 0.25) is 0 Å². The number of nitrogens with zero attached hydrogens (tertiary/aromatic N) is 2. The Balaban J connectivity index is 0.00000312. The maximum absolute atomic E-state index is 13.5. The summed E-state index contributed by atoms with van der Waals surface area (Å²) >= 11 is 0. The van der Waals surface area contributed by atoms with E-state index in [1.54, 1.807) is 19.2 Å². The van der Waals surface area contributed by atoms with Crippen molar-refractivity contribution in [3.8, 4) is 0 Å². The molecule has 0 bridgehead atoms. The molecule has 7 heteroatoms. The summed E-state index contributed by atoms with van der Waals surface area (Å²) in [4.78, 5) is 6.33. The predicted molar refractivity (Wildman–Crippen MR) is 111 cm³/mol. The normalized spacial score (nSPS) is 21.8. The standard InChI is InChI=1S/C18H29FN4O.HI/c1-18(9-6-10-24-18)13-22-17(20-2)21-12-16(23(3)4)14-7-5-8-15(19)11-14;/h5,7-8,11,16H,6,9-10,12-13H2,1-4H3,(H2,20,21,22);1H. The van der Waals surface area contributed by atoms with E-state index in [1.165, 1.54) is 6.07 Å². The average Bonchev–Trinajstić information content (AvgIpc) is 2.97. The van der Waals surface area contributed by atoms with Crippen molar-refractivity contribution in [3.63, 3.8) is 0 Å². The molecule has 1 heterocycles. The number of halogens is 2. The third kappa shape index (κ3) is 6.71. The minimum atomic E-state index is -0.215. The molecule has 0 spiro atoms. The van der Waals surface area contributed by atoms with E-state index in [1.807, 2.05) is 20.2 Å². The van der Waals surface area contributed by atoms with Crippen LogP contribution in [0.4, 0.5) is 4.39 Å². The summed E-state index contributed by atoms with van der Waals surface area (Å²) < 4.78 is 19.3. The number of nitrogens with one attached hydrogen (secondary N) is 2. The van der Waals surface area contributed by atoms with Crippen molar-refractivity contribution < 1.29 is 9.13 Å². The second-order valence-corrected chi connectivity index (χ2v) is 6.74. The van der Waals surface area contributed by atoms with E-state index in [0.717, 1.165) is 37.5 Å². The van der Waals surface area contributed by atoms with Crippen LogP contribution in [0.1, 0.15) is 31.4 Å². The maximum Gasteiger partial charge on any atom is 0.191 e. The average molecular weight is 464 g/mol. The third-order valence-electron chi connectivity index (χ3n) is 4.47. The fourth-order valence-corrected chi connectivity index (χ4v) is 2.97. The van der Waals surface area contributed by atoms with Gasteiger partial charge in [-0.25, -0.2) is 4.39 Å². The van der Waals surface area contributed by atoms with Crippen LogP contribution in [0.15, 0.2) is 29.3 Å². The van der Waals surface area contributed by atoms with Gasteiger partial charge in [-0.15, -0.1) is 24.0 Å². The minimum Gasteiger partial charge on any atom is -0.373 e. The quantitative estimate of drug-likeness (QED) is 0.386. The van der Waals surface area contributed by atoms with E-state index in [9.17, 15) is 4.39 Å². The Hall–Kier alpha value is -0.930. The van der Waals surface area contributed by atoms with Gasteiger partial charge in [0, 0.05) is 26.7 Å². The molecular weight excluding hydrogens is 434 g/mol. The zero-order valence-corrected chi connectivity index (χ0v) is 17.8. The zero-order valence-electron chi connectivity index (χ0n) is 15.5. The van der Waals surface area contributed by atoms with Gasteiger partial charge in [-0.1, -0.05) is 12.1 Å². The Labute approximate surface area is 167 Å². The van der Waals surface area contributed by atoms with Gasteiger partial charge in [0.25, 0.3) is 0 Å². The van der Waals surface area contributed by atoms with Crippen LogP contribution in [0.2, 0.25) is 0 Å². The van der Waals surface area contributed by atoms with E-state index in [0.29, 0.717) is 6.54 Å². The molecule has 2 unspecified atom stereocenters. The molecule has 1 aromatic carbocycles. The fourth-order valence-electron chi connectivity index (χ4n) is 2.97. The molecule has 25 heavy (non-hydrogen) atoms. The molecule has 1 aliphatic heterocycles. The van der Waals surface area contributed by atoms with E-state index < -0.39 is 0 Å². The van der Waals surface area contributed by atoms with Crippen molar-refractivity contribution in [2.75, 3.05) is 40.8 Å². The molecule has 0 amide bonds. The lowest BCUT2D eigenvalue weighted by atomic mass is 10.0. The molecule has 5 nitrogen and oxygen atoms in total. The van der Waals surface area contributed by atoms with E-state index in [2.05, 4.69) is 27.4 Å². The van der Waals surface area contributed by atoms with Crippen LogP contribution in [0.25, 0.3) is 0 Å². The van der Waals surface area contributed by atoms with Crippen LogP contribution in [0.5, 0.6) is 0 Å². The number of rotatable bonds is 6. The Morgan fingerprint density at radius 2 is 2.16 bits per heavy atom. The first-order valence-corrected chi connectivity index (χ1v) is 8.44. The van der Waals surface area contributed by atoms with Crippen molar-refractivity contribution in [1.82, 2.24) is 15.5 Å². The molecule has 1 saturated heterocycles. The first-order chi connectivity index (χ1) is 11.4. The topological polar surface area (TPSA) is 48.9 Å². The second-order valence-electron chi connectivity index (χ2n) is 6.74. The van der Waals surface area contributed by atoms with Gasteiger partial charge in [0.1, 0.15) is 5.82 Å². The Morgan fingerprint density at radius 3 is 2.72 bits per heavy atom. The monoisotopic (exact) mass is 464 g/mol. The number of hydrogen-bond donors (Lipinski definition) is 2. The van der Waals surface area contributed by atoms with Crippen LogP contribution in [-0.4, -0.2) is 57.3 Å². The van der Waals surface area contributed by atoms with Crippen LogP contribution in [-0.2, 0) is 4.74 Å². The molecule has 0 aromatic heterocycles. The molecule has 2 rings (SSSR count). The Kier molecular flexibility index (Phi) is 9.09. The van der Waals surface area contributed by atoms with Crippen LogP contribution in [0, 0.1) is 5.82 Å². The Bertz CT molecular complexity index is 562. The van der Waals surface area contributed by atoms with Gasteiger partial charge in [0.15, 0.2) is 5.96 Å². The molecule has 2 N–H and O–H groups in total. The molecule has 1 aromatic rings. The fraction of sp³-hybridized carbons (Fsp3) is 0.611. The van der Waals surface area contributed by atoms with Gasteiger partial charge in [-0.2, -0.15) is 0 Å². The molecule has 1 aliphatic rings. The molecular formula is C18H30FIN4O. The summed E-state index contributed by atoms with van der Waals surface area (Å²) in [6.07, 6.45) is 2.16. The summed E-state index contributed by atoms with van der Waals surface area (Å²) in [5, 5.41) is 6.66. The lowest BCUT2D eigenvalue weighted by molar-refractivity contribution is 0.0242. The van der Waals surface area contributed by atoms with Crippen LogP contribution in [0.3, 0.4) is 0 Å². The van der Waals surface area contributed by atoms with Crippen molar-refractivity contribution in [2.45, 2.75) is 31.4 Å². The first-order valence-electron chi connectivity index (χ1n) is 8.44. The van der Waals surface area contributed by atoms with E-state index in [-0.39, 0.29) is 41.4 Å². The number of hydrogen-bond acceptors (Lipinski definition) is 3. The maximum atomic E-state index is 13.5. The van der Waals surface area contributed by atoms with Crippen molar-refractivity contribution in [2.24, 2.45) is 4.99 Å². The highest BCUT2D eigenvalue weighted by molar-refractivity contribution is 14.0. The van der Waals surface area contributed by atoms with Crippen LogP contribution >= 0.6 is 24.0 Å². The van der Waals surface area contributed by atoms with Crippen LogP contribution < -0.4 is 10.6 Å². The largest absolute Gasteiger partial charge is 0.373 e. The number of aliphatic imine (C=N–C) groups is 1. The van der Waals surface area contributed by atoms with E-state index >= 15 is 0 Å². The van der Waals surface area contributed by atoms with Gasteiger partial charge in [-0.3, -0.25) is 4.99 Å². The molecule has 142 valence electrons. The number of guanidine groups is 1. The highest BCUT2D eigenvalue weighted by Gasteiger charge is 2.29. The first kappa shape index (κ1) is 22.1. The molecule has 0 saturated carbocycles. The highest BCUT2D eigenvalue weighted by Crippen LogP contribution is 2.23. The highest BCUT2D eigenvalue weighted by atomic mass is 127. The molecule has 0 radical (unpaired) electrons.